The van der Waals surface area contributed by atoms with E-state index in [2.05, 4.69) is 18.3 Å². The minimum absolute atomic E-state index is 0.586. The zero-order valence-corrected chi connectivity index (χ0v) is 11.7. The van der Waals surface area contributed by atoms with E-state index in [0.29, 0.717) is 19.3 Å². The minimum Gasteiger partial charge on any atom is -0.486 e. The molecule has 1 atom stereocenters. The predicted molar refractivity (Wildman–Crippen MR) is 75.7 cm³/mol. The first-order valence-corrected chi connectivity index (χ1v) is 7.45. The molecule has 2 aliphatic rings. The van der Waals surface area contributed by atoms with Gasteiger partial charge in [-0.25, -0.2) is 0 Å². The second-order valence-corrected chi connectivity index (χ2v) is 5.66. The topological polar surface area (TPSA) is 30.5 Å². The second-order valence-electron chi connectivity index (χ2n) is 5.66. The summed E-state index contributed by atoms with van der Waals surface area (Å²) in [6.45, 7) is 4.48. The van der Waals surface area contributed by atoms with Gasteiger partial charge in [0.2, 0.25) is 0 Å². The van der Waals surface area contributed by atoms with Crippen LogP contribution in [0.4, 0.5) is 0 Å². The van der Waals surface area contributed by atoms with Crippen molar-refractivity contribution in [2.24, 2.45) is 5.92 Å². The highest BCUT2D eigenvalue weighted by molar-refractivity contribution is 5.47. The summed E-state index contributed by atoms with van der Waals surface area (Å²) in [5.74, 6) is 2.66. The van der Waals surface area contributed by atoms with Crippen molar-refractivity contribution < 1.29 is 9.47 Å². The van der Waals surface area contributed by atoms with Crippen molar-refractivity contribution in [1.82, 2.24) is 5.32 Å². The fourth-order valence-corrected chi connectivity index (χ4v) is 3.17. The molecule has 3 heteroatoms. The molecule has 1 saturated carbocycles. The summed E-state index contributed by atoms with van der Waals surface area (Å²) in [7, 11) is 0. The Kier molecular flexibility index (Phi) is 3.92. The standard InChI is InChI=1S/C16H23NO2/c1-12(13-5-2-3-6-13)17-11-14-7-4-8-15-16(14)19-10-9-18-15/h4,7-8,12-13,17H,2-3,5-6,9-11H2,1H3/t12-/m0/s1. The van der Waals surface area contributed by atoms with Crippen LogP contribution in [-0.2, 0) is 6.54 Å². The molecular weight excluding hydrogens is 238 g/mol. The Labute approximate surface area is 115 Å². The van der Waals surface area contributed by atoms with Gasteiger partial charge in [-0.2, -0.15) is 0 Å². The van der Waals surface area contributed by atoms with Gasteiger partial charge in [0.15, 0.2) is 11.5 Å². The number of fused-ring (bicyclic) bond motifs is 1. The maximum atomic E-state index is 5.75. The van der Waals surface area contributed by atoms with Gasteiger partial charge in [0.05, 0.1) is 0 Å². The van der Waals surface area contributed by atoms with Crippen LogP contribution in [0, 0.1) is 5.92 Å². The third-order valence-electron chi connectivity index (χ3n) is 4.37. The Hall–Kier alpha value is -1.22. The normalized spacial score (nSPS) is 20.5. The van der Waals surface area contributed by atoms with Crippen molar-refractivity contribution in [3.05, 3.63) is 23.8 Å². The number of ether oxygens (including phenoxy) is 2. The number of para-hydroxylation sites is 1. The van der Waals surface area contributed by atoms with Crippen LogP contribution in [0.1, 0.15) is 38.2 Å². The fourth-order valence-electron chi connectivity index (χ4n) is 3.17. The summed E-state index contributed by atoms with van der Waals surface area (Å²) in [6.07, 6.45) is 5.55. The van der Waals surface area contributed by atoms with Crippen molar-refractivity contribution in [3.8, 4) is 11.5 Å². The highest BCUT2D eigenvalue weighted by atomic mass is 16.6. The lowest BCUT2D eigenvalue weighted by Gasteiger charge is -2.24. The van der Waals surface area contributed by atoms with Crippen molar-refractivity contribution in [3.63, 3.8) is 0 Å². The lowest BCUT2D eigenvalue weighted by atomic mass is 9.99. The van der Waals surface area contributed by atoms with E-state index in [-0.39, 0.29) is 0 Å². The van der Waals surface area contributed by atoms with Crippen molar-refractivity contribution in [2.75, 3.05) is 13.2 Å². The molecule has 104 valence electrons. The van der Waals surface area contributed by atoms with E-state index in [1.807, 2.05) is 12.1 Å². The molecule has 0 radical (unpaired) electrons. The summed E-state index contributed by atoms with van der Waals surface area (Å²) in [5, 5.41) is 3.66. The summed E-state index contributed by atoms with van der Waals surface area (Å²) >= 11 is 0. The summed E-state index contributed by atoms with van der Waals surface area (Å²) in [4.78, 5) is 0. The quantitative estimate of drug-likeness (QED) is 0.903. The van der Waals surface area contributed by atoms with Crippen LogP contribution in [0.25, 0.3) is 0 Å². The molecule has 1 fully saturated rings. The number of nitrogens with one attached hydrogen (secondary N) is 1. The van der Waals surface area contributed by atoms with E-state index in [1.54, 1.807) is 0 Å². The first kappa shape index (κ1) is 12.8. The first-order valence-electron chi connectivity index (χ1n) is 7.45. The molecule has 1 aliphatic carbocycles. The average Bonchev–Trinajstić information content (AvgIpc) is 2.99. The van der Waals surface area contributed by atoms with Crippen LogP contribution >= 0.6 is 0 Å². The van der Waals surface area contributed by atoms with E-state index >= 15 is 0 Å². The fraction of sp³-hybridized carbons (Fsp3) is 0.625. The van der Waals surface area contributed by atoms with E-state index in [1.165, 1.54) is 31.2 Å². The van der Waals surface area contributed by atoms with Crippen LogP contribution in [0.5, 0.6) is 11.5 Å². The second kappa shape index (κ2) is 5.83. The van der Waals surface area contributed by atoms with Crippen molar-refractivity contribution >= 4 is 0 Å². The molecule has 1 aromatic carbocycles. The molecule has 19 heavy (non-hydrogen) atoms. The highest BCUT2D eigenvalue weighted by Crippen LogP contribution is 2.34. The predicted octanol–water partition coefficient (Wildman–Crippen LogP) is 3.13. The van der Waals surface area contributed by atoms with Crippen LogP contribution in [-0.4, -0.2) is 19.3 Å². The Morgan fingerprint density at radius 3 is 2.84 bits per heavy atom. The largest absolute Gasteiger partial charge is 0.486 e. The lowest BCUT2D eigenvalue weighted by molar-refractivity contribution is 0.169. The molecule has 0 aromatic heterocycles. The Morgan fingerprint density at radius 1 is 1.21 bits per heavy atom. The van der Waals surface area contributed by atoms with Gasteiger partial charge in [0.1, 0.15) is 13.2 Å². The zero-order chi connectivity index (χ0) is 13.1. The van der Waals surface area contributed by atoms with Gasteiger partial charge in [-0.3, -0.25) is 0 Å². The van der Waals surface area contributed by atoms with E-state index in [0.717, 1.165) is 24.0 Å². The van der Waals surface area contributed by atoms with Gasteiger partial charge in [-0.15, -0.1) is 0 Å². The maximum absolute atomic E-state index is 5.75. The van der Waals surface area contributed by atoms with Crippen LogP contribution in [0.2, 0.25) is 0 Å². The molecule has 1 N–H and O–H groups in total. The third kappa shape index (κ3) is 2.86. The SMILES string of the molecule is C[C@H](NCc1cccc2c1OCCO2)C1CCCC1. The molecule has 1 heterocycles. The minimum atomic E-state index is 0.586. The summed E-state index contributed by atoms with van der Waals surface area (Å²) in [6, 6.07) is 6.74. The van der Waals surface area contributed by atoms with E-state index < -0.39 is 0 Å². The average molecular weight is 261 g/mol. The molecular formula is C16H23NO2. The van der Waals surface area contributed by atoms with Gasteiger partial charge in [-0.1, -0.05) is 25.0 Å². The molecule has 0 bridgehead atoms. The molecule has 1 aliphatic heterocycles. The summed E-state index contributed by atoms with van der Waals surface area (Å²) < 4.78 is 11.4. The van der Waals surface area contributed by atoms with Gasteiger partial charge >= 0.3 is 0 Å². The molecule has 0 amide bonds. The van der Waals surface area contributed by atoms with Crippen LogP contribution < -0.4 is 14.8 Å². The number of rotatable bonds is 4. The lowest BCUT2D eigenvalue weighted by Crippen LogP contribution is -2.32. The Bertz CT molecular complexity index is 427. The number of benzene rings is 1. The molecule has 0 unspecified atom stereocenters. The van der Waals surface area contributed by atoms with E-state index in [9.17, 15) is 0 Å². The first-order chi connectivity index (χ1) is 9.34. The third-order valence-corrected chi connectivity index (χ3v) is 4.37. The van der Waals surface area contributed by atoms with Gasteiger partial charge in [-0.05, 0) is 31.7 Å². The maximum Gasteiger partial charge on any atom is 0.165 e. The van der Waals surface area contributed by atoms with Gasteiger partial charge < -0.3 is 14.8 Å². The van der Waals surface area contributed by atoms with Crippen LogP contribution in [0.15, 0.2) is 18.2 Å². The van der Waals surface area contributed by atoms with Crippen LogP contribution in [0.3, 0.4) is 0 Å². The summed E-state index contributed by atoms with van der Waals surface area (Å²) in [5.41, 5.74) is 1.21. The Morgan fingerprint density at radius 2 is 2.00 bits per heavy atom. The van der Waals surface area contributed by atoms with Gasteiger partial charge in [0, 0.05) is 18.2 Å². The number of hydrogen-bond donors (Lipinski definition) is 1. The van der Waals surface area contributed by atoms with Crippen molar-refractivity contribution in [1.29, 1.82) is 0 Å². The highest BCUT2D eigenvalue weighted by Gasteiger charge is 2.22. The van der Waals surface area contributed by atoms with E-state index in [4.69, 9.17) is 9.47 Å². The monoisotopic (exact) mass is 261 g/mol. The molecule has 3 nitrogen and oxygen atoms in total. The molecule has 0 spiro atoms. The Balaban J connectivity index is 1.63. The zero-order valence-electron chi connectivity index (χ0n) is 11.7. The molecule has 1 aromatic rings. The molecule has 0 saturated heterocycles. The smallest absolute Gasteiger partial charge is 0.165 e. The number of hydrogen-bond acceptors (Lipinski definition) is 3. The van der Waals surface area contributed by atoms with Gasteiger partial charge in [0.25, 0.3) is 0 Å². The van der Waals surface area contributed by atoms with Crippen molar-refractivity contribution in [2.45, 2.75) is 45.2 Å². The molecule has 3 rings (SSSR count).